The first kappa shape index (κ1) is 20.4. The summed E-state index contributed by atoms with van der Waals surface area (Å²) in [5.74, 6) is 2.90. The summed E-state index contributed by atoms with van der Waals surface area (Å²) in [5, 5.41) is 4.28. The number of hydrogen-bond donors (Lipinski definition) is 1. The maximum absolute atomic E-state index is 5.71. The highest BCUT2D eigenvalue weighted by molar-refractivity contribution is 5.80. The molecule has 0 aliphatic carbocycles. The SMILES string of the molecule is CCCOc1ccc(/C=N/NCc2ccc(OC)c(OC)c2)cc1OCC. The average Bonchev–Trinajstić information content (AvgIpc) is 2.70. The number of nitrogens with one attached hydrogen (secondary N) is 1. The van der Waals surface area contributed by atoms with Crippen LogP contribution < -0.4 is 24.4 Å². The van der Waals surface area contributed by atoms with Crippen LogP contribution in [0.1, 0.15) is 31.4 Å². The summed E-state index contributed by atoms with van der Waals surface area (Å²) >= 11 is 0. The van der Waals surface area contributed by atoms with Gasteiger partial charge in [0.05, 0.1) is 40.2 Å². The Balaban J connectivity index is 1.98. The van der Waals surface area contributed by atoms with Crippen LogP contribution in [0, 0.1) is 0 Å². The molecule has 6 nitrogen and oxygen atoms in total. The zero-order valence-corrected chi connectivity index (χ0v) is 16.5. The third-order valence-electron chi connectivity index (χ3n) is 3.77. The summed E-state index contributed by atoms with van der Waals surface area (Å²) in [7, 11) is 3.24. The van der Waals surface area contributed by atoms with Crippen LogP contribution in [0.3, 0.4) is 0 Å². The Hall–Kier alpha value is -2.89. The lowest BCUT2D eigenvalue weighted by molar-refractivity contribution is 0.277. The van der Waals surface area contributed by atoms with Crippen molar-refractivity contribution in [1.29, 1.82) is 0 Å². The molecule has 146 valence electrons. The van der Waals surface area contributed by atoms with Gasteiger partial charge in [0.15, 0.2) is 23.0 Å². The normalized spacial score (nSPS) is 10.7. The standard InChI is InChI=1S/C21H28N2O4/c1-5-11-27-19-10-8-17(13-21(19)26-6-2)15-23-22-14-16-7-9-18(24-3)20(12-16)25-4/h7-10,12-13,15,22H,5-6,11,14H2,1-4H3/b23-15+. The summed E-state index contributed by atoms with van der Waals surface area (Å²) < 4.78 is 21.9. The minimum Gasteiger partial charge on any atom is -0.493 e. The molecule has 0 fully saturated rings. The van der Waals surface area contributed by atoms with E-state index >= 15 is 0 Å². The lowest BCUT2D eigenvalue weighted by atomic mass is 10.2. The predicted octanol–water partition coefficient (Wildman–Crippen LogP) is 4.02. The van der Waals surface area contributed by atoms with Crippen molar-refractivity contribution >= 4 is 6.21 Å². The molecule has 0 unspecified atom stereocenters. The van der Waals surface area contributed by atoms with E-state index in [1.807, 2.05) is 43.3 Å². The fraction of sp³-hybridized carbons (Fsp3) is 0.381. The third-order valence-corrected chi connectivity index (χ3v) is 3.77. The van der Waals surface area contributed by atoms with Crippen LogP contribution in [0.15, 0.2) is 41.5 Å². The maximum atomic E-state index is 5.71. The highest BCUT2D eigenvalue weighted by atomic mass is 16.5. The van der Waals surface area contributed by atoms with Crippen LogP contribution in [0.4, 0.5) is 0 Å². The third kappa shape index (κ3) is 6.09. The largest absolute Gasteiger partial charge is 0.493 e. The van der Waals surface area contributed by atoms with Crippen LogP contribution in [0.2, 0.25) is 0 Å². The van der Waals surface area contributed by atoms with E-state index in [1.165, 1.54) is 0 Å². The minimum atomic E-state index is 0.576. The zero-order chi connectivity index (χ0) is 19.5. The second-order valence-electron chi connectivity index (χ2n) is 5.77. The molecular formula is C21H28N2O4. The van der Waals surface area contributed by atoms with E-state index in [0.717, 1.165) is 29.0 Å². The smallest absolute Gasteiger partial charge is 0.161 e. The van der Waals surface area contributed by atoms with Gasteiger partial charge in [-0.2, -0.15) is 5.10 Å². The summed E-state index contributed by atoms with van der Waals surface area (Å²) in [6, 6.07) is 11.6. The van der Waals surface area contributed by atoms with Gasteiger partial charge < -0.3 is 24.4 Å². The number of benzene rings is 2. The number of hydrazone groups is 1. The highest BCUT2D eigenvalue weighted by Gasteiger charge is 2.06. The topological polar surface area (TPSA) is 61.3 Å². The molecular weight excluding hydrogens is 344 g/mol. The van der Waals surface area contributed by atoms with Crippen LogP contribution in [-0.2, 0) is 6.54 Å². The Bertz CT molecular complexity index is 747. The molecule has 0 radical (unpaired) electrons. The van der Waals surface area contributed by atoms with Gasteiger partial charge >= 0.3 is 0 Å². The molecule has 0 saturated heterocycles. The molecule has 0 aliphatic heterocycles. The van der Waals surface area contributed by atoms with Gasteiger partial charge in [-0.1, -0.05) is 13.0 Å². The predicted molar refractivity (Wildman–Crippen MR) is 107 cm³/mol. The van der Waals surface area contributed by atoms with Gasteiger partial charge in [-0.05, 0) is 54.8 Å². The van der Waals surface area contributed by atoms with Gasteiger partial charge in [0, 0.05) is 0 Å². The second kappa shape index (κ2) is 11.0. The molecule has 6 heteroatoms. The average molecular weight is 372 g/mol. The van der Waals surface area contributed by atoms with E-state index in [4.69, 9.17) is 18.9 Å². The second-order valence-corrected chi connectivity index (χ2v) is 5.77. The monoisotopic (exact) mass is 372 g/mol. The van der Waals surface area contributed by atoms with Crippen molar-refractivity contribution in [3.8, 4) is 23.0 Å². The number of rotatable bonds is 11. The molecule has 2 rings (SSSR count). The van der Waals surface area contributed by atoms with E-state index in [1.54, 1.807) is 20.4 Å². The lowest BCUT2D eigenvalue weighted by Gasteiger charge is -2.12. The van der Waals surface area contributed by atoms with Crippen LogP contribution in [0.5, 0.6) is 23.0 Å². The van der Waals surface area contributed by atoms with Gasteiger partial charge in [-0.25, -0.2) is 0 Å². The first-order chi connectivity index (χ1) is 13.2. The van der Waals surface area contributed by atoms with Crippen molar-refractivity contribution in [3.63, 3.8) is 0 Å². The van der Waals surface area contributed by atoms with Gasteiger partial charge in [0.1, 0.15) is 0 Å². The molecule has 0 aromatic heterocycles. The van der Waals surface area contributed by atoms with Crippen molar-refractivity contribution in [2.24, 2.45) is 5.10 Å². The van der Waals surface area contributed by atoms with Gasteiger partial charge in [-0.3, -0.25) is 0 Å². The van der Waals surface area contributed by atoms with Gasteiger partial charge in [-0.15, -0.1) is 0 Å². The fourth-order valence-electron chi connectivity index (χ4n) is 2.45. The minimum absolute atomic E-state index is 0.576. The first-order valence-electron chi connectivity index (χ1n) is 9.08. The van der Waals surface area contributed by atoms with Crippen molar-refractivity contribution in [2.45, 2.75) is 26.8 Å². The number of ether oxygens (including phenoxy) is 4. The quantitative estimate of drug-likeness (QED) is 0.477. The molecule has 1 N–H and O–H groups in total. The summed E-state index contributed by atoms with van der Waals surface area (Å²) in [6.45, 7) is 5.86. The van der Waals surface area contributed by atoms with Crippen LogP contribution >= 0.6 is 0 Å². The molecule has 0 saturated carbocycles. The van der Waals surface area contributed by atoms with Crippen LogP contribution in [0.25, 0.3) is 0 Å². The summed E-state index contributed by atoms with van der Waals surface area (Å²) in [5.41, 5.74) is 5.02. The van der Waals surface area contributed by atoms with E-state index in [2.05, 4.69) is 17.5 Å². The number of hydrogen-bond acceptors (Lipinski definition) is 6. The Morgan fingerprint density at radius 2 is 1.67 bits per heavy atom. The molecule has 0 atom stereocenters. The molecule has 0 aliphatic rings. The zero-order valence-electron chi connectivity index (χ0n) is 16.5. The molecule has 27 heavy (non-hydrogen) atoms. The molecule has 0 heterocycles. The number of methoxy groups -OCH3 is 2. The maximum Gasteiger partial charge on any atom is 0.161 e. The van der Waals surface area contributed by atoms with Crippen molar-refractivity contribution < 1.29 is 18.9 Å². The van der Waals surface area contributed by atoms with E-state index in [0.29, 0.717) is 31.3 Å². The lowest BCUT2D eigenvalue weighted by Crippen LogP contribution is -2.06. The highest BCUT2D eigenvalue weighted by Crippen LogP contribution is 2.28. The van der Waals surface area contributed by atoms with E-state index in [9.17, 15) is 0 Å². The Kier molecular flexibility index (Phi) is 8.29. The molecule has 0 spiro atoms. The fourth-order valence-corrected chi connectivity index (χ4v) is 2.45. The molecule has 2 aromatic carbocycles. The van der Waals surface area contributed by atoms with E-state index in [-0.39, 0.29) is 0 Å². The Morgan fingerprint density at radius 1 is 0.889 bits per heavy atom. The molecule has 0 amide bonds. The Morgan fingerprint density at radius 3 is 2.37 bits per heavy atom. The van der Waals surface area contributed by atoms with Crippen LogP contribution in [-0.4, -0.2) is 33.6 Å². The Labute approximate surface area is 161 Å². The first-order valence-corrected chi connectivity index (χ1v) is 9.08. The summed E-state index contributed by atoms with van der Waals surface area (Å²) in [4.78, 5) is 0. The van der Waals surface area contributed by atoms with Gasteiger partial charge in [0.2, 0.25) is 0 Å². The van der Waals surface area contributed by atoms with E-state index < -0.39 is 0 Å². The van der Waals surface area contributed by atoms with Crippen molar-refractivity contribution in [3.05, 3.63) is 47.5 Å². The van der Waals surface area contributed by atoms with Crippen molar-refractivity contribution in [2.75, 3.05) is 27.4 Å². The van der Waals surface area contributed by atoms with Crippen molar-refractivity contribution in [1.82, 2.24) is 5.43 Å². The van der Waals surface area contributed by atoms with Gasteiger partial charge in [0.25, 0.3) is 0 Å². The molecule has 2 aromatic rings. The summed E-state index contributed by atoms with van der Waals surface area (Å²) in [6.07, 6.45) is 2.71. The molecule has 0 bridgehead atoms. The number of nitrogens with zero attached hydrogens (tertiary/aromatic N) is 1.